The van der Waals surface area contributed by atoms with Gasteiger partial charge in [0, 0.05) is 0 Å². The fraction of sp³-hybridized carbons (Fsp3) is 0.600. The minimum absolute atomic E-state index is 0.277. The van der Waals surface area contributed by atoms with E-state index in [4.69, 9.17) is 26.8 Å². The van der Waals surface area contributed by atoms with E-state index < -0.39 is 57.7 Å². The molecule has 14 nitrogen and oxygen atoms in total. The Hall–Kier alpha value is -1.28. The smallest absolute Gasteiger partial charge is 0.476 e. The van der Waals surface area contributed by atoms with Crippen molar-refractivity contribution in [3.05, 3.63) is 27.0 Å². The average Bonchev–Trinajstić information content (AvgIpc) is 2.79. The molecule has 2 heterocycles. The number of aliphatic hydroxyl groups excluding tert-OH is 2. The maximum atomic E-state index is 11.9. The lowest BCUT2D eigenvalue weighted by Gasteiger charge is -2.19. The largest absolute Gasteiger partial charge is 0.490 e. The summed E-state index contributed by atoms with van der Waals surface area (Å²) in [6, 6.07) is 0. The predicted molar refractivity (Wildman–Crippen MR) is 86.2 cm³/mol. The van der Waals surface area contributed by atoms with E-state index in [2.05, 4.69) is 8.83 Å². The van der Waals surface area contributed by atoms with E-state index in [0.717, 1.165) is 17.9 Å². The first-order chi connectivity index (χ1) is 12.3. The highest BCUT2D eigenvalue weighted by molar-refractivity contribution is 7.83. The average molecular weight is 428 g/mol. The van der Waals surface area contributed by atoms with Crippen molar-refractivity contribution in [2.75, 3.05) is 13.7 Å². The highest BCUT2D eigenvalue weighted by Crippen LogP contribution is 2.57. The second-order valence-corrected chi connectivity index (χ2v) is 8.29. The number of hydrogen-bond donors (Lipinski definition) is 5. The van der Waals surface area contributed by atoms with Crippen LogP contribution >= 0.6 is 15.3 Å². The fourth-order valence-corrected chi connectivity index (χ4v) is 3.98. The van der Waals surface area contributed by atoms with E-state index in [1.165, 1.54) is 0 Å². The van der Waals surface area contributed by atoms with Gasteiger partial charge in [0.2, 0.25) is 13.3 Å². The number of hydrogen-bond acceptors (Lipinski definition) is 10. The molecule has 2 rings (SSSR count). The monoisotopic (exact) mass is 428 g/mol. The van der Waals surface area contributed by atoms with Gasteiger partial charge < -0.3 is 34.0 Å². The van der Waals surface area contributed by atoms with Crippen LogP contribution in [0, 0.1) is 0 Å². The number of aromatic nitrogens is 2. The molecule has 150 valence electrons. The molecule has 0 aromatic carbocycles. The molecule has 0 bridgehead atoms. The second-order valence-electron chi connectivity index (χ2n) is 5.32. The third-order valence-electron chi connectivity index (χ3n) is 3.41. The summed E-state index contributed by atoms with van der Waals surface area (Å²) in [4.78, 5) is 42.5. The first kappa shape index (κ1) is 22.0. The van der Waals surface area contributed by atoms with Gasteiger partial charge in [-0.25, -0.2) is 13.7 Å². The number of nitrogens with one attached hydrogen (secondary N) is 1. The molecule has 1 aliphatic heterocycles. The molecule has 0 spiro atoms. The van der Waals surface area contributed by atoms with Gasteiger partial charge >= 0.3 is 13.5 Å². The number of aromatic amines is 1. The zero-order chi connectivity index (χ0) is 20.6. The number of aliphatic hydroxyl groups is 2. The number of methoxy groups -OCH3 is 1. The molecule has 1 fully saturated rings. The lowest BCUT2D eigenvalue weighted by molar-refractivity contribution is -0.0522. The molecule has 0 saturated carbocycles. The highest BCUT2D eigenvalue weighted by atomic mass is 31.3. The topological polar surface area (TPSA) is 207 Å². The first-order valence-electron chi connectivity index (χ1n) is 7.06. The van der Waals surface area contributed by atoms with Crippen LogP contribution in [-0.4, -0.2) is 69.1 Å². The Balaban J connectivity index is 2.17. The van der Waals surface area contributed by atoms with Crippen LogP contribution in [0.25, 0.3) is 0 Å². The number of nitrogens with zero attached hydrogens (tertiary/aromatic N) is 1. The summed E-state index contributed by atoms with van der Waals surface area (Å²) in [5.74, 6) is -0.277. The second kappa shape index (κ2) is 7.99. The lowest BCUT2D eigenvalue weighted by atomic mass is 10.1. The van der Waals surface area contributed by atoms with Crippen molar-refractivity contribution in [1.82, 2.24) is 9.55 Å². The van der Waals surface area contributed by atoms with Gasteiger partial charge in [-0.15, -0.1) is 0 Å². The zero-order valence-electron chi connectivity index (χ0n) is 13.6. The van der Waals surface area contributed by atoms with Crippen LogP contribution in [0.1, 0.15) is 6.23 Å². The minimum atomic E-state index is -5.22. The van der Waals surface area contributed by atoms with Gasteiger partial charge in [-0.2, -0.15) is 0 Å². The summed E-state index contributed by atoms with van der Waals surface area (Å²) in [5, 5.41) is 20.1. The summed E-state index contributed by atoms with van der Waals surface area (Å²) in [7, 11) is -3.76. The Morgan fingerprint density at radius 1 is 1.30 bits per heavy atom. The van der Waals surface area contributed by atoms with Gasteiger partial charge in [0.25, 0.3) is 13.0 Å². The molecular formula is C10H15BN2O12P2. The van der Waals surface area contributed by atoms with E-state index >= 15 is 0 Å². The van der Waals surface area contributed by atoms with Crippen molar-refractivity contribution >= 4 is 22.9 Å². The third kappa shape index (κ3) is 5.38. The lowest BCUT2D eigenvalue weighted by Crippen LogP contribution is -2.38. The maximum absolute atomic E-state index is 11.9. The maximum Gasteiger partial charge on any atom is 0.476 e. The van der Waals surface area contributed by atoms with Crippen LogP contribution in [-0.2, 0) is 22.7 Å². The molecule has 0 aliphatic carbocycles. The van der Waals surface area contributed by atoms with Crippen molar-refractivity contribution in [1.29, 1.82) is 0 Å². The van der Waals surface area contributed by atoms with Crippen LogP contribution < -0.4 is 16.0 Å². The Kier molecular flexibility index (Phi) is 6.52. The van der Waals surface area contributed by atoms with E-state index in [1.54, 1.807) is 0 Å². The zero-order valence-corrected chi connectivity index (χ0v) is 15.4. The van der Waals surface area contributed by atoms with Crippen molar-refractivity contribution in [3.63, 3.8) is 0 Å². The van der Waals surface area contributed by atoms with Crippen LogP contribution in [0.2, 0.25) is 0 Å². The normalized spacial score (nSPS) is 28.0. The van der Waals surface area contributed by atoms with E-state index in [1.807, 2.05) is 4.98 Å². The van der Waals surface area contributed by atoms with E-state index in [-0.39, 0.29) is 5.75 Å². The van der Waals surface area contributed by atoms with Crippen LogP contribution in [0.5, 0.6) is 5.75 Å². The summed E-state index contributed by atoms with van der Waals surface area (Å²) in [6.45, 7) is -0.808. The Labute approximate surface area is 151 Å². The Morgan fingerprint density at radius 2 is 1.93 bits per heavy atom. The summed E-state index contributed by atoms with van der Waals surface area (Å²) in [6.07, 6.45) is -5.32. The van der Waals surface area contributed by atoms with Gasteiger partial charge in [0.15, 0.2) is 6.23 Å². The standard InChI is InChI=1S/C10H15BN2O12P2/c1-22-4-2-13(10(17)12-8(4)16)9-7(15)6(14)5(24-9)3-23-26(11,18)25-27(19,20)21/h2,5-7,9,14-15H,3H2,1H3,(H,12,16,17)(H2,19,20,21)/t5-,6?,7+,9-,26?/m1/s1. The molecular weight excluding hydrogens is 413 g/mol. The Bertz CT molecular complexity index is 895. The molecule has 1 aromatic heterocycles. The molecule has 1 aromatic rings. The summed E-state index contributed by atoms with van der Waals surface area (Å²) < 4.78 is 41.4. The Morgan fingerprint density at radius 3 is 2.48 bits per heavy atom. The number of phosphoric acid groups is 1. The molecule has 27 heavy (non-hydrogen) atoms. The molecule has 17 heteroatoms. The van der Waals surface area contributed by atoms with Gasteiger partial charge in [0.05, 0.1) is 19.9 Å². The molecule has 2 radical (unpaired) electrons. The summed E-state index contributed by atoms with van der Waals surface area (Å²) in [5.41, 5.74) is -1.81. The van der Waals surface area contributed by atoms with Gasteiger partial charge in [-0.1, -0.05) is 0 Å². The number of H-pyrrole nitrogens is 1. The van der Waals surface area contributed by atoms with Gasteiger partial charge in [0.1, 0.15) is 18.3 Å². The minimum Gasteiger partial charge on any atom is -0.490 e. The summed E-state index contributed by atoms with van der Waals surface area (Å²) >= 11 is 0. The van der Waals surface area contributed by atoms with Crippen molar-refractivity contribution in [2.45, 2.75) is 24.5 Å². The predicted octanol–water partition coefficient (Wildman–Crippen LogP) is -2.43. The first-order valence-corrected chi connectivity index (χ1v) is 10.2. The van der Waals surface area contributed by atoms with E-state index in [9.17, 15) is 28.9 Å². The van der Waals surface area contributed by atoms with Crippen LogP contribution in [0.4, 0.5) is 0 Å². The molecule has 5 atom stereocenters. The molecule has 2 unspecified atom stereocenters. The van der Waals surface area contributed by atoms with Crippen molar-refractivity contribution < 1.29 is 47.4 Å². The molecule has 0 amide bonds. The van der Waals surface area contributed by atoms with Crippen LogP contribution in [0.15, 0.2) is 15.8 Å². The van der Waals surface area contributed by atoms with Crippen LogP contribution in [0.3, 0.4) is 0 Å². The number of rotatable bonds is 7. The van der Waals surface area contributed by atoms with Crippen molar-refractivity contribution in [3.8, 4) is 5.75 Å². The SMILES string of the molecule is [B]P(=O)(OC[C@H]1O[C@@H](n2cc(OC)c(=O)[nH]c2=O)[C@@H](O)C1O)OP(=O)(O)O. The van der Waals surface area contributed by atoms with Gasteiger partial charge in [-0.05, 0) is 0 Å². The number of ether oxygens (including phenoxy) is 2. The third-order valence-corrected chi connectivity index (χ3v) is 5.68. The van der Waals surface area contributed by atoms with Gasteiger partial charge in [-0.3, -0.25) is 18.9 Å². The van der Waals surface area contributed by atoms with Crippen molar-refractivity contribution in [2.24, 2.45) is 0 Å². The van der Waals surface area contributed by atoms with E-state index in [0.29, 0.717) is 0 Å². The molecule has 1 aliphatic rings. The quantitative estimate of drug-likeness (QED) is 0.227. The fourth-order valence-electron chi connectivity index (χ4n) is 2.25. The molecule has 1 saturated heterocycles. The highest BCUT2D eigenvalue weighted by Gasteiger charge is 2.45. The molecule has 5 N–H and O–H groups in total.